The third-order valence-corrected chi connectivity index (χ3v) is 3.43. The van der Waals surface area contributed by atoms with Crippen LogP contribution >= 0.6 is 11.3 Å². The molecule has 0 atom stereocenters. The van der Waals surface area contributed by atoms with Gasteiger partial charge in [-0.2, -0.15) is 0 Å². The molecule has 17 heavy (non-hydrogen) atoms. The molecule has 1 aromatic carbocycles. The Balaban J connectivity index is 2.22. The van der Waals surface area contributed by atoms with Gasteiger partial charge in [-0.1, -0.05) is 0 Å². The van der Waals surface area contributed by atoms with Crippen molar-refractivity contribution < 1.29 is 4.39 Å². The lowest BCUT2D eigenvalue weighted by atomic mass is 10.3. The Morgan fingerprint density at radius 3 is 2.94 bits per heavy atom. The van der Waals surface area contributed by atoms with Gasteiger partial charge in [0.2, 0.25) is 0 Å². The highest BCUT2D eigenvalue weighted by Gasteiger charge is 2.10. The molecule has 3 rings (SSSR count). The molecule has 0 radical (unpaired) electrons. The van der Waals surface area contributed by atoms with Gasteiger partial charge in [-0.3, -0.25) is 4.98 Å². The largest absolute Gasteiger partial charge is 0.397 e. The van der Waals surface area contributed by atoms with Gasteiger partial charge in [-0.15, -0.1) is 11.3 Å². The maximum atomic E-state index is 13.1. The zero-order valence-corrected chi connectivity index (χ0v) is 9.54. The van der Waals surface area contributed by atoms with Crippen LogP contribution in [0.15, 0.2) is 36.5 Å². The molecule has 3 aromatic rings. The van der Waals surface area contributed by atoms with Gasteiger partial charge in [-0.25, -0.2) is 9.37 Å². The number of pyridine rings is 1. The van der Waals surface area contributed by atoms with Crippen molar-refractivity contribution in [3.8, 4) is 10.7 Å². The van der Waals surface area contributed by atoms with E-state index < -0.39 is 0 Å². The maximum absolute atomic E-state index is 13.1. The van der Waals surface area contributed by atoms with Crippen molar-refractivity contribution in [1.82, 2.24) is 9.97 Å². The van der Waals surface area contributed by atoms with Crippen LogP contribution in [0, 0.1) is 5.82 Å². The fraction of sp³-hybridized carbons (Fsp3) is 0. The summed E-state index contributed by atoms with van der Waals surface area (Å²) in [4.78, 5) is 8.54. The van der Waals surface area contributed by atoms with E-state index in [0.717, 1.165) is 4.70 Å². The molecule has 5 heteroatoms. The third kappa shape index (κ3) is 1.74. The number of rotatable bonds is 1. The minimum atomic E-state index is -0.289. The Hall–Kier alpha value is -2.01. The minimum absolute atomic E-state index is 0.289. The maximum Gasteiger partial charge on any atom is 0.145 e. The molecule has 0 fully saturated rings. The molecule has 3 nitrogen and oxygen atoms in total. The second-order valence-electron chi connectivity index (χ2n) is 3.57. The van der Waals surface area contributed by atoms with Crippen LogP contribution in [0.4, 0.5) is 10.1 Å². The zero-order valence-electron chi connectivity index (χ0n) is 8.72. The molecular weight excluding hydrogens is 237 g/mol. The van der Waals surface area contributed by atoms with E-state index in [4.69, 9.17) is 5.73 Å². The Bertz CT molecular complexity index is 693. The molecule has 2 aromatic heterocycles. The number of thiazole rings is 1. The monoisotopic (exact) mass is 245 g/mol. The number of aromatic nitrogens is 2. The number of hydrogen-bond acceptors (Lipinski definition) is 4. The molecule has 0 aliphatic heterocycles. The number of nitrogen functional groups attached to an aromatic ring is 1. The summed E-state index contributed by atoms with van der Waals surface area (Å²) in [7, 11) is 0. The molecule has 0 bridgehead atoms. The van der Waals surface area contributed by atoms with Gasteiger partial charge in [0.05, 0.1) is 15.9 Å². The fourth-order valence-corrected chi connectivity index (χ4v) is 2.56. The molecule has 2 N–H and O–H groups in total. The van der Waals surface area contributed by atoms with E-state index in [1.165, 1.54) is 23.5 Å². The van der Waals surface area contributed by atoms with Crippen LogP contribution in [-0.2, 0) is 0 Å². The van der Waals surface area contributed by atoms with Crippen LogP contribution in [0.25, 0.3) is 20.9 Å². The van der Waals surface area contributed by atoms with E-state index in [-0.39, 0.29) is 5.82 Å². The first kappa shape index (κ1) is 10.2. The van der Waals surface area contributed by atoms with Crippen molar-refractivity contribution in [3.05, 3.63) is 42.3 Å². The first-order valence-electron chi connectivity index (χ1n) is 5.01. The number of anilines is 1. The van der Waals surface area contributed by atoms with Crippen molar-refractivity contribution in [3.63, 3.8) is 0 Å². The molecule has 0 saturated heterocycles. The van der Waals surface area contributed by atoms with Crippen LogP contribution in [0.3, 0.4) is 0 Å². The van der Waals surface area contributed by atoms with Crippen LogP contribution in [0.1, 0.15) is 0 Å². The predicted molar refractivity (Wildman–Crippen MR) is 67.2 cm³/mol. The predicted octanol–water partition coefficient (Wildman–Crippen LogP) is 3.08. The van der Waals surface area contributed by atoms with Crippen LogP contribution in [0.2, 0.25) is 0 Å². The molecule has 84 valence electrons. The van der Waals surface area contributed by atoms with Crippen molar-refractivity contribution in [2.45, 2.75) is 0 Å². The first-order valence-corrected chi connectivity index (χ1v) is 5.82. The van der Waals surface area contributed by atoms with E-state index in [9.17, 15) is 4.39 Å². The zero-order chi connectivity index (χ0) is 11.8. The Morgan fingerprint density at radius 1 is 1.24 bits per heavy atom. The summed E-state index contributed by atoms with van der Waals surface area (Å²) >= 11 is 1.45. The van der Waals surface area contributed by atoms with Gasteiger partial charge < -0.3 is 5.73 Å². The molecule has 0 spiro atoms. The lowest BCUT2D eigenvalue weighted by Gasteiger charge is -1.98. The Kier molecular flexibility index (Phi) is 2.26. The summed E-state index contributed by atoms with van der Waals surface area (Å²) in [6.07, 6.45) is 1.67. The Morgan fingerprint density at radius 2 is 2.12 bits per heavy atom. The second-order valence-corrected chi connectivity index (χ2v) is 4.60. The molecular formula is C12H8FN3S. The van der Waals surface area contributed by atoms with Gasteiger partial charge >= 0.3 is 0 Å². The van der Waals surface area contributed by atoms with Gasteiger partial charge in [-0.05, 0) is 24.3 Å². The van der Waals surface area contributed by atoms with E-state index >= 15 is 0 Å². The minimum Gasteiger partial charge on any atom is -0.397 e. The molecule has 0 amide bonds. The van der Waals surface area contributed by atoms with E-state index in [2.05, 4.69) is 9.97 Å². The van der Waals surface area contributed by atoms with Crippen LogP contribution < -0.4 is 5.73 Å². The standard InChI is InChI=1S/C12H8FN3S/c13-7-3-4-10-9(6-7)16-12(17-10)11-8(14)2-1-5-15-11/h1-6H,14H2. The lowest BCUT2D eigenvalue weighted by Crippen LogP contribution is -1.91. The number of hydrogen-bond donors (Lipinski definition) is 1. The summed E-state index contributed by atoms with van der Waals surface area (Å²) in [5.74, 6) is -0.289. The van der Waals surface area contributed by atoms with E-state index in [0.29, 0.717) is 21.9 Å². The summed E-state index contributed by atoms with van der Waals surface area (Å²) in [5, 5.41) is 0.712. The number of halogens is 1. The SMILES string of the molecule is Nc1cccnc1-c1nc2cc(F)ccc2s1. The fourth-order valence-electron chi connectivity index (χ4n) is 1.60. The van der Waals surface area contributed by atoms with Gasteiger partial charge in [0.15, 0.2) is 0 Å². The lowest BCUT2D eigenvalue weighted by molar-refractivity contribution is 0.629. The smallest absolute Gasteiger partial charge is 0.145 e. The van der Waals surface area contributed by atoms with Gasteiger partial charge in [0.25, 0.3) is 0 Å². The van der Waals surface area contributed by atoms with Crippen LogP contribution in [-0.4, -0.2) is 9.97 Å². The molecule has 2 heterocycles. The number of nitrogens with two attached hydrogens (primary N) is 1. The van der Waals surface area contributed by atoms with Crippen molar-refractivity contribution >= 4 is 27.2 Å². The summed E-state index contributed by atoms with van der Waals surface area (Å²) in [5.41, 5.74) is 7.69. The number of benzene rings is 1. The number of fused-ring (bicyclic) bond motifs is 1. The normalized spacial score (nSPS) is 10.9. The molecule has 0 saturated carbocycles. The van der Waals surface area contributed by atoms with Gasteiger partial charge in [0, 0.05) is 12.3 Å². The number of nitrogens with zero attached hydrogens (tertiary/aromatic N) is 2. The summed E-state index contributed by atoms with van der Waals surface area (Å²) in [6.45, 7) is 0. The summed E-state index contributed by atoms with van der Waals surface area (Å²) in [6, 6.07) is 8.09. The summed E-state index contributed by atoms with van der Waals surface area (Å²) < 4.78 is 14.0. The first-order chi connectivity index (χ1) is 8.24. The quantitative estimate of drug-likeness (QED) is 0.716. The Labute approximate surface area is 101 Å². The second kappa shape index (κ2) is 3.78. The van der Waals surface area contributed by atoms with Gasteiger partial charge in [0.1, 0.15) is 16.5 Å². The average molecular weight is 245 g/mol. The molecule has 0 aliphatic rings. The van der Waals surface area contributed by atoms with E-state index in [1.807, 2.05) is 0 Å². The van der Waals surface area contributed by atoms with Crippen molar-refractivity contribution in [1.29, 1.82) is 0 Å². The highest BCUT2D eigenvalue weighted by molar-refractivity contribution is 7.21. The molecule has 0 unspecified atom stereocenters. The highest BCUT2D eigenvalue weighted by atomic mass is 32.1. The van der Waals surface area contributed by atoms with E-state index in [1.54, 1.807) is 24.4 Å². The third-order valence-electron chi connectivity index (χ3n) is 2.39. The topological polar surface area (TPSA) is 51.8 Å². The van der Waals surface area contributed by atoms with Crippen LogP contribution in [0.5, 0.6) is 0 Å². The van der Waals surface area contributed by atoms with Crippen molar-refractivity contribution in [2.24, 2.45) is 0 Å². The average Bonchev–Trinajstić information content (AvgIpc) is 2.72. The highest BCUT2D eigenvalue weighted by Crippen LogP contribution is 2.31. The molecule has 0 aliphatic carbocycles. The van der Waals surface area contributed by atoms with Crippen molar-refractivity contribution in [2.75, 3.05) is 5.73 Å².